The standard InChI is InChI=1S/C11H12F3N5/c1-2-15-5-8-6-17-10(7-16-8)19-4-3-9(18-19)11(12,13)14/h3-4,6-7,15H,2,5H2,1H3. The summed E-state index contributed by atoms with van der Waals surface area (Å²) in [6.45, 7) is 3.33. The number of alkyl halides is 3. The van der Waals surface area contributed by atoms with Crippen molar-refractivity contribution in [3.8, 4) is 5.82 Å². The molecule has 2 aromatic rings. The first-order valence-electron chi connectivity index (χ1n) is 5.65. The van der Waals surface area contributed by atoms with Gasteiger partial charge in [-0.2, -0.15) is 18.3 Å². The molecule has 2 rings (SSSR count). The second kappa shape index (κ2) is 5.35. The molecule has 0 fully saturated rings. The van der Waals surface area contributed by atoms with Crippen LogP contribution in [0.3, 0.4) is 0 Å². The van der Waals surface area contributed by atoms with E-state index < -0.39 is 11.9 Å². The molecular formula is C11H12F3N5. The molecule has 0 aliphatic rings. The number of hydrogen-bond donors (Lipinski definition) is 1. The summed E-state index contributed by atoms with van der Waals surface area (Å²) in [5.41, 5.74) is -0.236. The molecule has 0 saturated heterocycles. The smallest absolute Gasteiger partial charge is 0.311 e. The Morgan fingerprint density at radius 1 is 1.26 bits per heavy atom. The average molecular weight is 271 g/mol. The van der Waals surface area contributed by atoms with Crippen LogP contribution in [0, 0.1) is 0 Å². The molecule has 19 heavy (non-hydrogen) atoms. The quantitative estimate of drug-likeness (QED) is 0.921. The predicted octanol–water partition coefficient (Wildman–Crippen LogP) is 1.79. The molecule has 0 atom stereocenters. The summed E-state index contributed by atoms with van der Waals surface area (Å²) >= 11 is 0. The highest BCUT2D eigenvalue weighted by molar-refractivity contribution is 5.19. The third-order valence-corrected chi connectivity index (χ3v) is 2.36. The second-order valence-corrected chi connectivity index (χ2v) is 3.79. The first-order valence-corrected chi connectivity index (χ1v) is 5.65. The minimum atomic E-state index is -4.45. The fourth-order valence-electron chi connectivity index (χ4n) is 1.41. The van der Waals surface area contributed by atoms with Gasteiger partial charge < -0.3 is 5.32 Å². The Kier molecular flexibility index (Phi) is 3.79. The van der Waals surface area contributed by atoms with Gasteiger partial charge in [-0.1, -0.05) is 6.92 Å². The van der Waals surface area contributed by atoms with Crippen LogP contribution in [0.15, 0.2) is 24.7 Å². The van der Waals surface area contributed by atoms with Gasteiger partial charge in [0.2, 0.25) is 0 Å². The molecule has 2 aromatic heterocycles. The normalized spacial score (nSPS) is 11.8. The van der Waals surface area contributed by atoms with Gasteiger partial charge in [-0.25, -0.2) is 9.67 Å². The Morgan fingerprint density at radius 2 is 2.05 bits per heavy atom. The fraction of sp³-hybridized carbons (Fsp3) is 0.364. The van der Waals surface area contributed by atoms with Gasteiger partial charge >= 0.3 is 6.18 Å². The molecule has 5 nitrogen and oxygen atoms in total. The summed E-state index contributed by atoms with van der Waals surface area (Å²) in [5, 5.41) is 6.49. The molecule has 8 heteroatoms. The van der Waals surface area contributed by atoms with Crippen molar-refractivity contribution in [2.75, 3.05) is 6.54 Å². The third kappa shape index (κ3) is 3.28. The van der Waals surface area contributed by atoms with Crippen molar-refractivity contribution in [3.63, 3.8) is 0 Å². The van der Waals surface area contributed by atoms with E-state index in [0.29, 0.717) is 12.2 Å². The highest BCUT2D eigenvalue weighted by Crippen LogP contribution is 2.27. The minimum absolute atomic E-state index is 0.246. The molecular weight excluding hydrogens is 259 g/mol. The summed E-state index contributed by atoms with van der Waals surface area (Å²) in [6, 6.07) is 0.897. The van der Waals surface area contributed by atoms with Crippen molar-refractivity contribution in [2.45, 2.75) is 19.6 Å². The fourth-order valence-corrected chi connectivity index (χ4v) is 1.41. The van der Waals surface area contributed by atoms with Gasteiger partial charge in [0.1, 0.15) is 0 Å². The lowest BCUT2D eigenvalue weighted by molar-refractivity contribution is -0.141. The van der Waals surface area contributed by atoms with Crippen molar-refractivity contribution >= 4 is 0 Å². The van der Waals surface area contributed by atoms with E-state index in [1.165, 1.54) is 18.6 Å². The Hall–Kier alpha value is -1.96. The van der Waals surface area contributed by atoms with Crippen LogP contribution >= 0.6 is 0 Å². The van der Waals surface area contributed by atoms with Crippen LogP contribution in [0.25, 0.3) is 5.82 Å². The van der Waals surface area contributed by atoms with Gasteiger partial charge in [-0.3, -0.25) is 4.98 Å². The maximum Gasteiger partial charge on any atom is 0.435 e. The topological polar surface area (TPSA) is 55.6 Å². The Balaban J connectivity index is 2.16. The van der Waals surface area contributed by atoms with Gasteiger partial charge in [0.15, 0.2) is 11.5 Å². The zero-order valence-electron chi connectivity index (χ0n) is 10.1. The molecule has 0 spiro atoms. The van der Waals surface area contributed by atoms with Crippen LogP contribution in [0.5, 0.6) is 0 Å². The summed E-state index contributed by atoms with van der Waals surface area (Å²) < 4.78 is 38.2. The van der Waals surface area contributed by atoms with Crippen LogP contribution in [0.2, 0.25) is 0 Å². The molecule has 1 N–H and O–H groups in total. The summed E-state index contributed by atoms with van der Waals surface area (Å²) in [7, 11) is 0. The van der Waals surface area contributed by atoms with E-state index in [4.69, 9.17) is 0 Å². The summed E-state index contributed by atoms with van der Waals surface area (Å²) in [6.07, 6.45) is -0.354. The van der Waals surface area contributed by atoms with Crippen LogP contribution in [-0.2, 0) is 12.7 Å². The minimum Gasteiger partial charge on any atom is -0.311 e. The molecule has 0 saturated carbocycles. The first-order chi connectivity index (χ1) is 9.00. The van der Waals surface area contributed by atoms with Crippen LogP contribution in [0.1, 0.15) is 18.3 Å². The van der Waals surface area contributed by atoms with E-state index in [-0.39, 0.29) is 5.82 Å². The maximum atomic E-state index is 12.4. The Bertz CT molecular complexity index is 532. The van der Waals surface area contributed by atoms with Crippen LogP contribution in [-0.4, -0.2) is 26.3 Å². The van der Waals surface area contributed by atoms with Gasteiger partial charge in [0.25, 0.3) is 0 Å². The lowest BCUT2D eigenvalue weighted by Gasteiger charge is -2.04. The van der Waals surface area contributed by atoms with Crippen molar-refractivity contribution in [1.29, 1.82) is 0 Å². The average Bonchev–Trinajstić information content (AvgIpc) is 2.86. The van der Waals surface area contributed by atoms with Crippen molar-refractivity contribution in [3.05, 3.63) is 36.0 Å². The molecule has 0 aromatic carbocycles. The Morgan fingerprint density at radius 3 is 2.58 bits per heavy atom. The van der Waals surface area contributed by atoms with Crippen LogP contribution < -0.4 is 5.32 Å². The van der Waals surface area contributed by atoms with Gasteiger partial charge in [-0.15, -0.1) is 0 Å². The van der Waals surface area contributed by atoms with E-state index in [0.717, 1.165) is 17.3 Å². The zero-order chi connectivity index (χ0) is 13.9. The molecule has 102 valence electrons. The number of hydrogen-bond acceptors (Lipinski definition) is 4. The van der Waals surface area contributed by atoms with E-state index >= 15 is 0 Å². The SMILES string of the molecule is CCNCc1cnc(-n2ccc(C(F)(F)F)n2)cn1. The summed E-state index contributed by atoms with van der Waals surface area (Å²) in [5.74, 6) is 0.246. The van der Waals surface area contributed by atoms with E-state index in [9.17, 15) is 13.2 Å². The van der Waals surface area contributed by atoms with Crippen molar-refractivity contribution < 1.29 is 13.2 Å². The molecule has 0 radical (unpaired) electrons. The molecule has 2 heterocycles. The number of aromatic nitrogens is 4. The van der Waals surface area contributed by atoms with E-state index in [2.05, 4.69) is 20.4 Å². The van der Waals surface area contributed by atoms with Gasteiger partial charge in [-0.05, 0) is 12.6 Å². The second-order valence-electron chi connectivity index (χ2n) is 3.79. The molecule has 0 bridgehead atoms. The molecule has 0 unspecified atom stereocenters. The lowest BCUT2D eigenvalue weighted by atomic mass is 10.4. The highest BCUT2D eigenvalue weighted by atomic mass is 19.4. The molecule has 0 amide bonds. The number of rotatable bonds is 4. The third-order valence-electron chi connectivity index (χ3n) is 2.36. The predicted molar refractivity (Wildman–Crippen MR) is 61.5 cm³/mol. The molecule has 0 aliphatic carbocycles. The van der Waals surface area contributed by atoms with Gasteiger partial charge in [0.05, 0.1) is 18.1 Å². The lowest BCUT2D eigenvalue weighted by Crippen LogP contribution is -2.13. The highest BCUT2D eigenvalue weighted by Gasteiger charge is 2.33. The number of nitrogens with zero attached hydrogens (tertiary/aromatic N) is 4. The zero-order valence-corrected chi connectivity index (χ0v) is 10.1. The van der Waals surface area contributed by atoms with E-state index in [1.807, 2.05) is 6.92 Å². The number of nitrogens with one attached hydrogen (secondary N) is 1. The summed E-state index contributed by atoms with van der Waals surface area (Å²) in [4.78, 5) is 8.12. The van der Waals surface area contributed by atoms with E-state index in [1.54, 1.807) is 0 Å². The van der Waals surface area contributed by atoms with Crippen molar-refractivity contribution in [1.82, 2.24) is 25.1 Å². The monoisotopic (exact) mass is 271 g/mol. The first kappa shape index (κ1) is 13.5. The largest absolute Gasteiger partial charge is 0.435 e. The van der Waals surface area contributed by atoms with Gasteiger partial charge in [0, 0.05) is 12.7 Å². The Labute approximate surface area is 107 Å². The van der Waals surface area contributed by atoms with Crippen molar-refractivity contribution in [2.24, 2.45) is 0 Å². The maximum absolute atomic E-state index is 12.4. The number of halogens is 3. The van der Waals surface area contributed by atoms with Crippen LogP contribution in [0.4, 0.5) is 13.2 Å². The molecule has 0 aliphatic heterocycles.